The Labute approximate surface area is 94.6 Å². The molecular formula is C12H15NO3. The minimum Gasteiger partial charge on any atom is -0.488 e. The topological polar surface area (TPSA) is 50.9 Å². The SMILES string of the molecule is CC(=O)Nc1ccccc1OCC1(C)CO1. The lowest BCUT2D eigenvalue weighted by molar-refractivity contribution is -0.114. The summed E-state index contributed by atoms with van der Waals surface area (Å²) < 4.78 is 10.9. The molecule has 86 valence electrons. The van der Waals surface area contributed by atoms with Gasteiger partial charge in [-0.2, -0.15) is 0 Å². The van der Waals surface area contributed by atoms with E-state index < -0.39 is 0 Å². The van der Waals surface area contributed by atoms with Crippen molar-refractivity contribution in [1.29, 1.82) is 0 Å². The number of hydrogen-bond donors (Lipinski definition) is 1. The van der Waals surface area contributed by atoms with E-state index in [4.69, 9.17) is 9.47 Å². The summed E-state index contributed by atoms with van der Waals surface area (Å²) in [5, 5.41) is 2.73. The molecule has 1 N–H and O–H groups in total. The van der Waals surface area contributed by atoms with Gasteiger partial charge < -0.3 is 14.8 Å². The number of carbonyl (C=O) groups is 1. The van der Waals surface area contributed by atoms with E-state index in [1.54, 1.807) is 0 Å². The maximum absolute atomic E-state index is 11.0. The smallest absolute Gasteiger partial charge is 0.221 e. The molecule has 4 heteroatoms. The van der Waals surface area contributed by atoms with Crippen molar-refractivity contribution in [1.82, 2.24) is 0 Å². The van der Waals surface area contributed by atoms with E-state index in [0.717, 1.165) is 6.61 Å². The van der Waals surface area contributed by atoms with Gasteiger partial charge in [0.2, 0.25) is 5.91 Å². The third kappa shape index (κ3) is 2.73. The van der Waals surface area contributed by atoms with E-state index in [-0.39, 0.29) is 11.5 Å². The Morgan fingerprint density at radius 2 is 2.25 bits per heavy atom. The first-order chi connectivity index (χ1) is 7.59. The van der Waals surface area contributed by atoms with Gasteiger partial charge >= 0.3 is 0 Å². The van der Waals surface area contributed by atoms with Gasteiger partial charge in [0.05, 0.1) is 12.3 Å². The molecule has 1 aromatic rings. The molecule has 0 saturated carbocycles. The zero-order valence-electron chi connectivity index (χ0n) is 9.45. The Kier molecular flexibility index (Phi) is 2.83. The lowest BCUT2D eigenvalue weighted by Crippen LogP contribution is -2.18. The maximum Gasteiger partial charge on any atom is 0.221 e. The molecule has 1 aliphatic rings. The molecule has 0 spiro atoms. The molecule has 0 radical (unpaired) electrons. The molecule has 1 unspecified atom stereocenters. The average molecular weight is 221 g/mol. The van der Waals surface area contributed by atoms with Crippen LogP contribution in [0.3, 0.4) is 0 Å². The van der Waals surface area contributed by atoms with Crippen molar-refractivity contribution in [3.05, 3.63) is 24.3 Å². The number of nitrogens with one attached hydrogen (secondary N) is 1. The van der Waals surface area contributed by atoms with Gasteiger partial charge in [0, 0.05) is 6.92 Å². The van der Waals surface area contributed by atoms with Gasteiger partial charge in [-0.1, -0.05) is 12.1 Å². The third-order valence-electron chi connectivity index (χ3n) is 2.37. The number of anilines is 1. The van der Waals surface area contributed by atoms with Crippen LogP contribution < -0.4 is 10.1 Å². The monoisotopic (exact) mass is 221 g/mol. The second-order valence-electron chi connectivity index (χ2n) is 4.20. The molecule has 1 atom stereocenters. The van der Waals surface area contributed by atoms with Crippen LogP contribution in [-0.2, 0) is 9.53 Å². The number of hydrogen-bond acceptors (Lipinski definition) is 3. The predicted molar refractivity (Wildman–Crippen MR) is 60.6 cm³/mol. The van der Waals surface area contributed by atoms with Crippen molar-refractivity contribution in [3.63, 3.8) is 0 Å². The van der Waals surface area contributed by atoms with Crippen molar-refractivity contribution >= 4 is 11.6 Å². The number of rotatable bonds is 4. The highest BCUT2D eigenvalue weighted by molar-refractivity contribution is 5.90. The van der Waals surface area contributed by atoms with E-state index in [0.29, 0.717) is 18.0 Å². The second-order valence-corrected chi connectivity index (χ2v) is 4.20. The van der Waals surface area contributed by atoms with Crippen molar-refractivity contribution in [2.24, 2.45) is 0 Å². The molecule has 1 amide bonds. The largest absolute Gasteiger partial charge is 0.488 e. The van der Waals surface area contributed by atoms with Crippen LogP contribution in [-0.4, -0.2) is 24.7 Å². The van der Waals surface area contributed by atoms with Crippen LogP contribution in [0, 0.1) is 0 Å². The summed E-state index contributed by atoms with van der Waals surface area (Å²) in [7, 11) is 0. The van der Waals surface area contributed by atoms with E-state index in [1.807, 2.05) is 31.2 Å². The minimum absolute atomic E-state index is 0.107. The summed E-state index contributed by atoms with van der Waals surface area (Å²) in [5.74, 6) is 0.569. The Morgan fingerprint density at radius 3 is 2.88 bits per heavy atom. The van der Waals surface area contributed by atoms with E-state index in [1.165, 1.54) is 6.92 Å². The van der Waals surface area contributed by atoms with Gasteiger partial charge in [0.1, 0.15) is 18.0 Å². The fourth-order valence-corrected chi connectivity index (χ4v) is 1.32. The Balaban J connectivity index is 2.03. The quantitative estimate of drug-likeness (QED) is 0.789. The van der Waals surface area contributed by atoms with Crippen LogP contribution in [0.5, 0.6) is 5.75 Å². The number of benzene rings is 1. The van der Waals surface area contributed by atoms with E-state index >= 15 is 0 Å². The first-order valence-corrected chi connectivity index (χ1v) is 5.22. The summed E-state index contributed by atoms with van der Waals surface area (Å²) in [6.07, 6.45) is 0. The van der Waals surface area contributed by atoms with E-state index in [9.17, 15) is 4.79 Å². The molecule has 1 aromatic carbocycles. The highest BCUT2D eigenvalue weighted by atomic mass is 16.6. The van der Waals surface area contributed by atoms with Crippen LogP contribution in [0.2, 0.25) is 0 Å². The highest BCUT2D eigenvalue weighted by Crippen LogP contribution is 2.29. The number of para-hydroxylation sites is 2. The zero-order valence-corrected chi connectivity index (χ0v) is 9.45. The average Bonchev–Trinajstić information content (AvgIpc) is 2.95. The van der Waals surface area contributed by atoms with Crippen molar-refractivity contribution in [3.8, 4) is 5.75 Å². The Morgan fingerprint density at radius 1 is 1.56 bits per heavy atom. The summed E-state index contributed by atoms with van der Waals surface area (Å²) in [6, 6.07) is 7.37. The van der Waals surface area contributed by atoms with Crippen LogP contribution in [0.4, 0.5) is 5.69 Å². The van der Waals surface area contributed by atoms with Gasteiger partial charge in [-0.25, -0.2) is 0 Å². The molecule has 1 saturated heterocycles. The Bertz CT molecular complexity index is 399. The standard InChI is InChI=1S/C12H15NO3/c1-9(14)13-10-5-3-4-6-11(10)15-7-12(2)8-16-12/h3-6H,7-8H2,1-2H3,(H,13,14). The normalized spacial score (nSPS) is 22.6. The van der Waals surface area contributed by atoms with Gasteiger partial charge in [-0.05, 0) is 19.1 Å². The highest BCUT2D eigenvalue weighted by Gasteiger charge is 2.40. The zero-order chi connectivity index (χ0) is 11.6. The molecule has 1 fully saturated rings. The van der Waals surface area contributed by atoms with Gasteiger partial charge in [0.25, 0.3) is 0 Å². The molecule has 1 heterocycles. The Hall–Kier alpha value is -1.55. The predicted octanol–water partition coefficient (Wildman–Crippen LogP) is 1.81. The first kappa shape index (κ1) is 11.0. The number of carbonyl (C=O) groups excluding carboxylic acids is 1. The van der Waals surface area contributed by atoms with Gasteiger partial charge in [-0.3, -0.25) is 4.79 Å². The lowest BCUT2D eigenvalue weighted by Gasteiger charge is -2.12. The molecule has 2 rings (SSSR count). The fraction of sp³-hybridized carbons (Fsp3) is 0.417. The maximum atomic E-state index is 11.0. The molecule has 0 aromatic heterocycles. The molecule has 1 aliphatic heterocycles. The molecule has 4 nitrogen and oxygen atoms in total. The van der Waals surface area contributed by atoms with Crippen molar-refractivity contribution in [2.75, 3.05) is 18.5 Å². The summed E-state index contributed by atoms with van der Waals surface area (Å²) in [4.78, 5) is 11.0. The summed E-state index contributed by atoms with van der Waals surface area (Å²) >= 11 is 0. The number of epoxide rings is 1. The first-order valence-electron chi connectivity index (χ1n) is 5.22. The van der Waals surface area contributed by atoms with E-state index in [2.05, 4.69) is 5.32 Å². The molecule has 16 heavy (non-hydrogen) atoms. The van der Waals surface area contributed by atoms with Crippen molar-refractivity contribution in [2.45, 2.75) is 19.4 Å². The minimum atomic E-state index is -0.149. The number of amides is 1. The summed E-state index contributed by atoms with van der Waals surface area (Å²) in [6.45, 7) is 4.70. The van der Waals surface area contributed by atoms with Gasteiger partial charge in [0.15, 0.2) is 0 Å². The van der Waals surface area contributed by atoms with Crippen LogP contribution >= 0.6 is 0 Å². The molecule has 0 bridgehead atoms. The lowest BCUT2D eigenvalue weighted by atomic mass is 10.2. The molecule has 0 aliphatic carbocycles. The van der Waals surface area contributed by atoms with Crippen LogP contribution in [0.25, 0.3) is 0 Å². The number of ether oxygens (including phenoxy) is 2. The fourth-order valence-electron chi connectivity index (χ4n) is 1.32. The second kappa shape index (κ2) is 4.14. The molecular weight excluding hydrogens is 206 g/mol. The third-order valence-corrected chi connectivity index (χ3v) is 2.37. The van der Waals surface area contributed by atoms with Crippen LogP contribution in [0.15, 0.2) is 24.3 Å². The van der Waals surface area contributed by atoms with Gasteiger partial charge in [-0.15, -0.1) is 0 Å². The van der Waals surface area contributed by atoms with Crippen molar-refractivity contribution < 1.29 is 14.3 Å². The summed E-state index contributed by atoms with van der Waals surface area (Å²) in [5.41, 5.74) is 0.544. The van der Waals surface area contributed by atoms with Crippen LogP contribution in [0.1, 0.15) is 13.8 Å².